The largest absolute Gasteiger partial charge is 0.497 e. The minimum Gasteiger partial charge on any atom is -0.497 e. The number of likely N-dealkylation sites (N-methyl/N-ethyl adjacent to an activating group) is 1. The topological polar surface area (TPSA) is 50.5 Å². The Morgan fingerprint density at radius 3 is 2.55 bits per heavy atom. The van der Waals surface area contributed by atoms with Crippen LogP contribution in [-0.4, -0.2) is 42.7 Å². The lowest BCUT2D eigenvalue weighted by Crippen LogP contribution is -2.35. The second kappa shape index (κ2) is 8.07. The van der Waals surface area contributed by atoms with Gasteiger partial charge in [-0.3, -0.25) is 0 Å². The molecule has 0 aliphatic rings. The first-order valence-electron chi connectivity index (χ1n) is 6.98. The van der Waals surface area contributed by atoms with Crippen molar-refractivity contribution in [2.24, 2.45) is 5.73 Å². The minimum atomic E-state index is 0.301. The molecule has 0 heterocycles. The van der Waals surface area contributed by atoms with Crippen LogP contribution < -0.4 is 15.8 Å². The molecule has 0 aromatic heterocycles. The van der Waals surface area contributed by atoms with E-state index in [1.54, 1.807) is 7.11 Å². The van der Waals surface area contributed by atoms with Gasteiger partial charge in [-0.15, -0.1) is 0 Å². The zero-order valence-corrected chi connectivity index (χ0v) is 13.6. The Labute approximate surface area is 127 Å². The summed E-state index contributed by atoms with van der Waals surface area (Å²) in [6.45, 7) is 9.55. The zero-order valence-electron chi connectivity index (χ0n) is 12.8. The Morgan fingerprint density at radius 1 is 1.40 bits per heavy atom. The normalized spacial score (nSPS) is 12.2. The summed E-state index contributed by atoms with van der Waals surface area (Å²) < 4.78 is 5.26. The van der Waals surface area contributed by atoms with Crippen molar-refractivity contribution in [3.05, 3.63) is 23.8 Å². The summed E-state index contributed by atoms with van der Waals surface area (Å²) in [4.78, 5) is 2.77. The first-order valence-corrected chi connectivity index (χ1v) is 7.39. The van der Waals surface area contributed by atoms with Crippen molar-refractivity contribution in [3.63, 3.8) is 0 Å². The number of anilines is 1. The summed E-state index contributed by atoms with van der Waals surface area (Å²) in [5.41, 5.74) is 7.56. The fourth-order valence-corrected chi connectivity index (χ4v) is 2.34. The fraction of sp³-hybridized carbons (Fsp3) is 0.533. The lowest BCUT2D eigenvalue weighted by molar-refractivity contribution is 0.295. The molecular formula is C15H25N3OS. The molecule has 0 aliphatic carbocycles. The van der Waals surface area contributed by atoms with Crippen LogP contribution in [0.3, 0.4) is 0 Å². The molecule has 0 aliphatic heterocycles. The third kappa shape index (κ3) is 4.65. The Balaban J connectivity index is 2.86. The number of hydrogen-bond donors (Lipinski definition) is 2. The van der Waals surface area contributed by atoms with E-state index < -0.39 is 0 Å². The lowest BCUT2D eigenvalue weighted by atomic mass is 10.1. The van der Waals surface area contributed by atoms with E-state index in [0.29, 0.717) is 11.0 Å². The summed E-state index contributed by atoms with van der Waals surface area (Å²) in [6.07, 6.45) is 0. The summed E-state index contributed by atoms with van der Waals surface area (Å²) >= 11 is 5.10. The van der Waals surface area contributed by atoms with Crippen LogP contribution in [0.25, 0.3) is 0 Å². The van der Waals surface area contributed by atoms with Crippen LogP contribution in [0.1, 0.15) is 26.3 Å². The molecule has 1 rings (SSSR count). The van der Waals surface area contributed by atoms with Crippen LogP contribution in [0, 0.1) is 0 Å². The van der Waals surface area contributed by atoms with Crippen molar-refractivity contribution < 1.29 is 4.74 Å². The van der Waals surface area contributed by atoms with Crippen molar-refractivity contribution in [2.75, 3.05) is 32.1 Å². The SMILES string of the molecule is CCN(CC)CC(C)Nc1cc(OC)ccc1C(N)=S. The molecule has 0 saturated carbocycles. The van der Waals surface area contributed by atoms with E-state index in [4.69, 9.17) is 22.7 Å². The Hall–Kier alpha value is -1.33. The van der Waals surface area contributed by atoms with Gasteiger partial charge < -0.3 is 20.7 Å². The molecule has 1 atom stereocenters. The van der Waals surface area contributed by atoms with Gasteiger partial charge in [0.15, 0.2) is 0 Å². The first kappa shape index (κ1) is 16.7. The average Bonchev–Trinajstić information content (AvgIpc) is 2.44. The van der Waals surface area contributed by atoms with Crippen LogP contribution in [0.4, 0.5) is 5.69 Å². The van der Waals surface area contributed by atoms with Crippen LogP contribution >= 0.6 is 12.2 Å². The maximum Gasteiger partial charge on any atom is 0.120 e. The average molecular weight is 295 g/mol. The van der Waals surface area contributed by atoms with Gasteiger partial charge in [-0.05, 0) is 32.1 Å². The molecule has 0 amide bonds. The fourth-order valence-electron chi connectivity index (χ4n) is 2.16. The predicted molar refractivity (Wildman–Crippen MR) is 89.8 cm³/mol. The van der Waals surface area contributed by atoms with Crippen LogP contribution in [0.5, 0.6) is 5.75 Å². The third-order valence-corrected chi connectivity index (χ3v) is 3.54. The molecule has 4 nitrogen and oxygen atoms in total. The van der Waals surface area contributed by atoms with Crippen LogP contribution in [-0.2, 0) is 0 Å². The number of ether oxygens (including phenoxy) is 1. The zero-order chi connectivity index (χ0) is 15.1. The number of benzene rings is 1. The number of nitrogens with zero attached hydrogens (tertiary/aromatic N) is 1. The van der Waals surface area contributed by atoms with Gasteiger partial charge in [0, 0.05) is 29.9 Å². The number of hydrogen-bond acceptors (Lipinski definition) is 4. The summed E-state index contributed by atoms with van der Waals surface area (Å²) in [5, 5.41) is 3.48. The van der Waals surface area contributed by atoms with Gasteiger partial charge in [0.05, 0.1) is 7.11 Å². The minimum absolute atomic E-state index is 0.301. The number of rotatable bonds is 8. The predicted octanol–water partition coefficient (Wildman–Crippen LogP) is 2.47. The molecule has 0 saturated heterocycles. The van der Waals surface area contributed by atoms with Crippen LogP contribution in [0.2, 0.25) is 0 Å². The molecule has 112 valence electrons. The van der Waals surface area contributed by atoms with E-state index in [9.17, 15) is 0 Å². The van der Waals surface area contributed by atoms with Gasteiger partial charge in [0.1, 0.15) is 10.7 Å². The Morgan fingerprint density at radius 2 is 2.05 bits per heavy atom. The first-order chi connectivity index (χ1) is 9.51. The van der Waals surface area contributed by atoms with E-state index in [1.807, 2.05) is 18.2 Å². The molecule has 5 heteroatoms. The van der Waals surface area contributed by atoms with Gasteiger partial charge >= 0.3 is 0 Å². The number of methoxy groups -OCH3 is 1. The number of nitrogens with two attached hydrogens (primary N) is 1. The van der Waals surface area contributed by atoms with Crippen LogP contribution in [0.15, 0.2) is 18.2 Å². The van der Waals surface area contributed by atoms with E-state index >= 15 is 0 Å². The van der Waals surface area contributed by atoms with Gasteiger partial charge in [0.25, 0.3) is 0 Å². The number of nitrogens with one attached hydrogen (secondary N) is 1. The highest BCUT2D eigenvalue weighted by atomic mass is 32.1. The van der Waals surface area contributed by atoms with E-state index in [1.165, 1.54) is 0 Å². The Kier molecular flexibility index (Phi) is 6.75. The summed E-state index contributed by atoms with van der Waals surface area (Å²) in [5.74, 6) is 0.794. The second-order valence-corrected chi connectivity index (χ2v) is 5.25. The smallest absolute Gasteiger partial charge is 0.120 e. The quantitative estimate of drug-likeness (QED) is 0.722. The Bertz CT molecular complexity index is 447. The molecule has 0 spiro atoms. The molecule has 0 bridgehead atoms. The maximum atomic E-state index is 5.78. The highest BCUT2D eigenvalue weighted by molar-refractivity contribution is 7.80. The van der Waals surface area contributed by atoms with Gasteiger partial charge in [-0.25, -0.2) is 0 Å². The standard InChI is InChI=1S/C15H25N3OS/c1-5-18(6-2)10-11(3)17-14-9-12(19-4)7-8-13(14)15(16)20/h7-9,11,17H,5-6,10H2,1-4H3,(H2,16,20). The summed E-state index contributed by atoms with van der Waals surface area (Å²) in [7, 11) is 1.65. The molecule has 0 radical (unpaired) electrons. The van der Waals surface area contributed by atoms with Crippen molar-refractivity contribution >= 4 is 22.9 Å². The van der Waals surface area contributed by atoms with Gasteiger partial charge in [-0.1, -0.05) is 26.1 Å². The van der Waals surface area contributed by atoms with E-state index in [2.05, 4.69) is 31.0 Å². The molecular weight excluding hydrogens is 270 g/mol. The molecule has 3 N–H and O–H groups in total. The molecule has 1 aromatic rings. The maximum absolute atomic E-state index is 5.78. The van der Waals surface area contributed by atoms with Gasteiger partial charge in [0.2, 0.25) is 0 Å². The highest BCUT2D eigenvalue weighted by Crippen LogP contribution is 2.23. The van der Waals surface area contributed by atoms with Crippen molar-refractivity contribution in [1.82, 2.24) is 4.90 Å². The van der Waals surface area contributed by atoms with Crippen molar-refractivity contribution in [3.8, 4) is 5.75 Å². The number of thiocarbonyl (C=S) groups is 1. The van der Waals surface area contributed by atoms with E-state index in [-0.39, 0.29) is 0 Å². The molecule has 1 aromatic carbocycles. The second-order valence-electron chi connectivity index (χ2n) is 4.81. The lowest BCUT2D eigenvalue weighted by Gasteiger charge is -2.25. The molecule has 0 fully saturated rings. The molecule has 1 unspecified atom stereocenters. The highest BCUT2D eigenvalue weighted by Gasteiger charge is 2.11. The third-order valence-electron chi connectivity index (χ3n) is 3.32. The van der Waals surface area contributed by atoms with Gasteiger partial charge in [-0.2, -0.15) is 0 Å². The molecule has 20 heavy (non-hydrogen) atoms. The monoisotopic (exact) mass is 295 g/mol. The van der Waals surface area contributed by atoms with Crippen molar-refractivity contribution in [2.45, 2.75) is 26.8 Å². The van der Waals surface area contributed by atoms with E-state index in [0.717, 1.165) is 36.6 Å². The summed E-state index contributed by atoms with van der Waals surface area (Å²) in [6, 6.07) is 6.00. The van der Waals surface area contributed by atoms with Crippen molar-refractivity contribution in [1.29, 1.82) is 0 Å².